The summed E-state index contributed by atoms with van der Waals surface area (Å²) in [6, 6.07) is 0. The molecule has 0 bridgehead atoms. The van der Waals surface area contributed by atoms with Crippen LogP contribution < -0.4 is 0 Å². The molecule has 86 valence electrons. The first-order chi connectivity index (χ1) is 6.80. The minimum Gasteiger partial charge on any atom is -0.246 e. The highest BCUT2D eigenvalue weighted by Gasteiger charge is 2.22. The van der Waals surface area contributed by atoms with E-state index in [4.69, 9.17) is 11.6 Å². The molecule has 0 aliphatic carbocycles. The highest BCUT2D eigenvalue weighted by molar-refractivity contribution is 7.11. The Labute approximate surface area is 102 Å². The highest BCUT2D eigenvalue weighted by atomic mass is 35.5. The van der Waals surface area contributed by atoms with Crippen LogP contribution in [0.25, 0.3) is 0 Å². The van der Waals surface area contributed by atoms with E-state index in [0.29, 0.717) is 0 Å². The maximum atomic E-state index is 6.33. The van der Waals surface area contributed by atoms with Crippen molar-refractivity contribution < 1.29 is 0 Å². The average Bonchev–Trinajstić information content (AvgIpc) is 2.41. The van der Waals surface area contributed by atoms with Crippen LogP contribution in [0.3, 0.4) is 0 Å². The summed E-state index contributed by atoms with van der Waals surface area (Å²) in [6.07, 6.45) is 2.02. The van der Waals surface area contributed by atoms with E-state index in [2.05, 4.69) is 39.6 Å². The first-order valence-electron chi connectivity index (χ1n) is 5.37. The molecule has 1 atom stereocenters. The Kier molecular flexibility index (Phi) is 4.19. The second kappa shape index (κ2) is 4.84. The molecule has 0 spiro atoms. The van der Waals surface area contributed by atoms with Crippen LogP contribution in [0.15, 0.2) is 0 Å². The van der Waals surface area contributed by atoms with Crippen molar-refractivity contribution in [1.29, 1.82) is 0 Å². The SMILES string of the molecule is Cc1nc(CCC(Cl)C(C)(C)C)sc1C. The number of hydrogen-bond acceptors (Lipinski definition) is 2. The number of aryl methyl sites for hydroxylation is 3. The molecule has 0 radical (unpaired) electrons. The van der Waals surface area contributed by atoms with Gasteiger partial charge >= 0.3 is 0 Å². The fourth-order valence-corrected chi connectivity index (χ4v) is 2.39. The lowest BCUT2D eigenvalue weighted by molar-refractivity contribution is 0.374. The molecular weight excluding hydrogens is 226 g/mol. The predicted molar refractivity (Wildman–Crippen MR) is 69.0 cm³/mol. The van der Waals surface area contributed by atoms with Crippen molar-refractivity contribution in [3.63, 3.8) is 0 Å². The summed E-state index contributed by atoms with van der Waals surface area (Å²) >= 11 is 8.13. The minimum atomic E-state index is 0.183. The van der Waals surface area contributed by atoms with E-state index in [0.717, 1.165) is 18.5 Å². The molecule has 0 aliphatic heterocycles. The Hall–Kier alpha value is -0.0800. The van der Waals surface area contributed by atoms with Gasteiger partial charge in [-0.3, -0.25) is 0 Å². The number of thiazole rings is 1. The molecule has 0 aliphatic rings. The minimum absolute atomic E-state index is 0.183. The van der Waals surface area contributed by atoms with Crippen molar-refractivity contribution in [2.24, 2.45) is 5.41 Å². The number of hydrogen-bond donors (Lipinski definition) is 0. The van der Waals surface area contributed by atoms with Crippen LogP contribution in [0.2, 0.25) is 0 Å². The van der Waals surface area contributed by atoms with Crippen LogP contribution in [0.1, 0.15) is 42.8 Å². The van der Waals surface area contributed by atoms with Gasteiger partial charge in [-0.2, -0.15) is 0 Å². The average molecular weight is 246 g/mol. The number of alkyl halides is 1. The first-order valence-corrected chi connectivity index (χ1v) is 6.63. The number of halogens is 1. The van der Waals surface area contributed by atoms with Crippen molar-refractivity contribution >= 4 is 22.9 Å². The van der Waals surface area contributed by atoms with E-state index in [-0.39, 0.29) is 10.8 Å². The molecule has 1 aromatic heterocycles. The monoisotopic (exact) mass is 245 g/mol. The molecule has 0 saturated heterocycles. The van der Waals surface area contributed by atoms with E-state index in [1.807, 2.05) is 0 Å². The third-order valence-corrected chi connectivity index (χ3v) is 4.63. The third kappa shape index (κ3) is 3.76. The second-order valence-corrected chi connectivity index (χ2v) is 6.94. The summed E-state index contributed by atoms with van der Waals surface area (Å²) in [5, 5.41) is 1.45. The summed E-state index contributed by atoms with van der Waals surface area (Å²) in [7, 11) is 0. The second-order valence-electron chi connectivity index (χ2n) is 5.12. The molecule has 0 aromatic carbocycles. The fraction of sp³-hybridized carbons (Fsp3) is 0.750. The largest absolute Gasteiger partial charge is 0.246 e. The molecule has 1 aromatic rings. The lowest BCUT2D eigenvalue weighted by Crippen LogP contribution is -2.21. The summed E-state index contributed by atoms with van der Waals surface area (Å²) in [5.41, 5.74) is 1.35. The molecule has 0 saturated carbocycles. The van der Waals surface area contributed by atoms with Crippen molar-refractivity contribution in [1.82, 2.24) is 4.98 Å². The van der Waals surface area contributed by atoms with Gasteiger partial charge in [-0.15, -0.1) is 22.9 Å². The summed E-state index contributed by atoms with van der Waals surface area (Å²) in [6.45, 7) is 10.7. The number of rotatable bonds is 3. The molecule has 0 N–H and O–H groups in total. The van der Waals surface area contributed by atoms with E-state index < -0.39 is 0 Å². The first kappa shape index (κ1) is 13.0. The topological polar surface area (TPSA) is 12.9 Å². The fourth-order valence-electron chi connectivity index (χ4n) is 1.33. The van der Waals surface area contributed by atoms with E-state index >= 15 is 0 Å². The highest BCUT2D eigenvalue weighted by Crippen LogP contribution is 2.29. The van der Waals surface area contributed by atoms with Crippen LogP contribution in [0, 0.1) is 19.3 Å². The maximum Gasteiger partial charge on any atom is 0.0931 e. The van der Waals surface area contributed by atoms with E-state index in [9.17, 15) is 0 Å². The quantitative estimate of drug-likeness (QED) is 0.722. The molecule has 15 heavy (non-hydrogen) atoms. The maximum absolute atomic E-state index is 6.33. The Morgan fingerprint density at radius 1 is 1.33 bits per heavy atom. The molecule has 1 rings (SSSR count). The normalized spacial score (nSPS) is 14.3. The lowest BCUT2D eigenvalue weighted by Gasteiger charge is -2.24. The lowest BCUT2D eigenvalue weighted by atomic mass is 9.89. The van der Waals surface area contributed by atoms with Crippen LogP contribution in [0.5, 0.6) is 0 Å². The molecule has 1 heterocycles. The zero-order chi connectivity index (χ0) is 11.6. The van der Waals surface area contributed by atoms with Gasteiger partial charge in [-0.05, 0) is 25.7 Å². The predicted octanol–water partition coefficient (Wildman–Crippen LogP) is 4.35. The summed E-state index contributed by atoms with van der Waals surface area (Å²) in [4.78, 5) is 5.85. The van der Waals surface area contributed by atoms with Crippen molar-refractivity contribution in [3.05, 3.63) is 15.6 Å². The summed E-state index contributed by atoms with van der Waals surface area (Å²) in [5.74, 6) is 0. The Bertz CT molecular complexity index is 305. The zero-order valence-electron chi connectivity index (χ0n) is 10.2. The number of aromatic nitrogens is 1. The molecule has 0 amide bonds. The van der Waals surface area contributed by atoms with Crippen molar-refractivity contribution in [2.75, 3.05) is 0 Å². The van der Waals surface area contributed by atoms with Crippen LogP contribution in [-0.4, -0.2) is 10.4 Å². The standard InChI is InChI=1S/C12H20ClNS/c1-8-9(2)15-11(14-8)7-6-10(13)12(3,4)5/h10H,6-7H2,1-5H3. The van der Waals surface area contributed by atoms with Gasteiger partial charge < -0.3 is 0 Å². The zero-order valence-corrected chi connectivity index (χ0v) is 11.8. The molecule has 1 unspecified atom stereocenters. The molecule has 0 fully saturated rings. The van der Waals surface area contributed by atoms with Crippen LogP contribution in [-0.2, 0) is 6.42 Å². The van der Waals surface area contributed by atoms with Crippen molar-refractivity contribution in [2.45, 2.75) is 52.8 Å². The Morgan fingerprint density at radius 3 is 2.33 bits per heavy atom. The van der Waals surface area contributed by atoms with Gasteiger partial charge in [0.1, 0.15) is 0 Å². The van der Waals surface area contributed by atoms with Crippen LogP contribution >= 0.6 is 22.9 Å². The third-order valence-electron chi connectivity index (χ3n) is 2.62. The molecule has 3 heteroatoms. The Balaban J connectivity index is 2.51. The van der Waals surface area contributed by atoms with Gasteiger partial charge in [0.2, 0.25) is 0 Å². The molecular formula is C12H20ClNS. The number of nitrogens with zero attached hydrogens (tertiary/aromatic N) is 1. The smallest absolute Gasteiger partial charge is 0.0931 e. The van der Waals surface area contributed by atoms with Gasteiger partial charge in [0.05, 0.1) is 10.7 Å². The summed E-state index contributed by atoms with van der Waals surface area (Å²) < 4.78 is 0. The van der Waals surface area contributed by atoms with Gasteiger partial charge in [0.25, 0.3) is 0 Å². The van der Waals surface area contributed by atoms with Crippen LogP contribution in [0.4, 0.5) is 0 Å². The van der Waals surface area contributed by atoms with Gasteiger partial charge in [-0.1, -0.05) is 20.8 Å². The molecule has 1 nitrogen and oxygen atoms in total. The van der Waals surface area contributed by atoms with E-state index in [1.54, 1.807) is 11.3 Å². The van der Waals surface area contributed by atoms with E-state index in [1.165, 1.54) is 9.88 Å². The van der Waals surface area contributed by atoms with Gasteiger partial charge in [0, 0.05) is 16.7 Å². The van der Waals surface area contributed by atoms with Crippen molar-refractivity contribution in [3.8, 4) is 0 Å². The Morgan fingerprint density at radius 2 is 1.93 bits per heavy atom. The van der Waals surface area contributed by atoms with Gasteiger partial charge in [0.15, 0.2) is 0 Å². The van der Waals surface area contributed by atoms with Gasteiger partial charge in [-0.25, -0.2) is 4.98 Å².